The highest BCUT2D eigenvalue weighted by Gasteiger charge is 2.51. The number of ketones is 1. The summed E-state index contributed by atoms with van der Waals surface area (Å²) in [7, 11) is 0. The Morgan fingerprint density at radius 2 is 1.89 bits per heavy atom. The minimum atomic E-state index is -4.41. The van der Waals surface area contributed by atoms with Crippen LogP contribution < -0.4 is 11.1 Å². The second-order valence-corrected chi connectivity index (χ2v) is 13.2. The van der Waals surface area contributed by atoms with Gasteiger partial charge < -0.3 is 11.1 Å². The van der Waals surface area contributed by atoms with Gasteiger partial charge in [0.25, 0.3) is 0 Å². The normalized spacial score (nSPS) is 28.2. The molecule has 1 aromatic heterocycles. The number of halogens is 3. The highest BCUT2D eigenvalue weighted by molar-refractivity contribution is 7.09. The van der Waals surface area contributed by atoms with Crippen molar-refractivity contribution in [1.82, 2.24) is 10.3 Å². The second-order valence-electron chi connectivity index (χ2n) is 12.3. The molecule has 3 N–H and O–H groups in total. The largest absolute Gasteiger partial charge is 0.417 e. The molecule has 1 aliphatic carbocycles. The Hall–Kier alpha value is -2.45. The van der Waals surface area contributed by atoms with E-state index in [2.05, 4.69) is 44.9 Å². The van der Waals surface area contributed by atoms with Crippen LogP contribution in [0.15, 0.2) is 59.8 Å². The Balaban J connectivity index is 1.69. The minimum Gasteiger partial charge on any atom is -0.384 e. The fourth-order valence-electron chi connectivity index (χ4n) is 6.09. The highest BCUT2D eigenvalue weighted by Crippen LogP contribution is 2.50. The van der Waals surface area contributed by atoms with Gasteiger partial charge in [-0.25, -0.2) is 4.98 Å². The van der Waals surface area contributed by atoms with Crippen LogP contribution in [0.5, 0.6) is 0 Å². The molecular formula is C30H38F3N3OS. The lowest BCUT2D eigenvalue weighted by molar-refractivity contribution is -0.0889. The van der Waals surface area contributed by atoms with E-state index >= 15 is 0 Å². The first-order chi connectivity index (χ1) is 17.7. The summed E-state index contributed by atoms with van der Waals surface area (Å²) in [5, 5.41) is 5.79. The van der Waals surface area contributed by atoms with Crippen molar-refractivity contribution in [1.29, 1.82) is 0 Å². The van der Waals surface area contributed by atoms with Gasteiger partial charge >= 0.3 is 6.18 Å². The number of allylic oxidation sites excluding steroid dienone is 2. The molecule has 2 aromatic rings. The van der Waals surface area contributed by atoms with Gasteiger partial charge in [0, 0.05) is 46.8 Å². The molecule has 4 rings (SSSR count). The Bertz CT molecular complexity index is 1180. The summed E-state index contributed by atoms with van der Waals surface area (Å²) in [6.45, 7) is 10.6. The zero-order valence-corrected chi connectivity index (χ0v) is 23.5. The first-order valence-electron chi connectivity index (χ1n) is 13.2. The van der Waals surface area contributed by atoms with Crippen molar-refractivity contribution in [3.05, 3.63) is 75.9 Å². The van der Waals surface area contributed by atoms with Crippen LogP contribution in [0.2, 0.25) is 0 Å². The predicted octanol–water partition coefficient (Wildman–Crippen LogP) is 7.15. The van der Waals surface area contributed by atoms with Gasteiger partial charge in [-0.05, 0) is 42.1 Å². The van der Waals surface area contributed by atoms with Crippen LogP contribution in [0.3, 0.4) is 0 Å². The summed E-state index contributed by atoms with van der Waals surface area (Å²) in [5.74, 6) is -0.365. The van der Waals surface area contributed by atoms with Crippen LogP contribution >= 0.6 is 11.3 Å². The number of thiazole rings is 1. The van der Waals surface area contributed by atoms with Crippen molar-refractivity contribution in [2.24, 2.45) is 23.5 Å². The first-order valence-corrected chi connectivity index (χ1v) is 14.1. The van der Waals surface area contributed by atoms with Crippen LogP contribution in [-0.2, 0) is 5.41 Å². The molecule has 0 spiro atoms. The number of rotatable bonds is 6. The average molecular weight is 546 g/mol. The van der Waals surface area contributed by atoms with Crippen LogP contribution in [0.25, 0.3) is 0 Å². The first kappa shape index (κ1) is 28.6. The standard InChI is InChI=1S/C30H38F3N3OS/c1-18(2)15-29(34)16-23(25-11-10-21(17-36-25)30(31,32)33)22(27-35-12-13-38-27)14-24(29)26(37)19-6-8-20(9-7-19)28(3,4)5/h6-13,17-18,22-25,36H,14-16,34H2,1-5H3/t22-,23-,24?,25?,29-/m1/s1. The van der Waals surface area contributed by atoms with Gasteiger partial charge in [-0.15, -0.1) is 11.3 Å². The van der Waals surface area contributed by atoms with E-state index in [1.165, 1.54) is 11.3 Å². The van der Waals surface area contributed by atoms with Gasteiger partial charge in [-0.1, -0.05) is 71.0 Å². The van der Waals surface area contributed by atoms with E-state index in [1.807, 2.05) is 29.6 Å². The third kappa shape index (κ3) is 6.07. The average Bonchev–Trinajstić information content (AvgIpc) is 3.37. The Kier molecular flexibility index (Phi) is 7.97. The number of nitrogens with zero attached hydrogens (tertiary/aromatic N) is 1. The number of dihydropyridines is 1. The molecular weight excluding hydrogens is 507 g/mol. The third-order valence-corrected chi connectivity index (χ3v) is 8.84. The summed E-state index contributed by atoms with van der Waals surface area (Å²) in [6.07, 6.45) is 2.77. The maximum Gasteiger partial charge on any atom is 0.417 e. The number of carbonyl (C=O) groups excluding carboxylic acids is 1. The van der Waals surface area contributed by atoms with Crippen molar-refractivity contribution in [2.75, 3.05) is 0 Å². The molecule has 206 valence electrons. The lowest BCUT2D eigenvalue weighted by atomic mass is 9.58. The lowest BCUT2D eigenvalue weighted by Gasteiger charge is -2.50. The minimum absolute atomic E-state index is 0.0220. The zero-order valence-electron chi connectivity index (χ0n) is 22.7. The summed E-state index contributed by atoms with van der Waals surface area (Å²) in [6, 6.07) is 7.49. The number of benzene rings is 1. The summed E-state index contributed by atoms with van der Waals surface area (Å²) in [5.41, 5.74) is 7.44. The van der Waals surface area contributed by atoms with Crippen molar-refractivity contribution >= 4 is 17.1 Å². The summed E-state index contributed by atoms with van der Waals surface area (Å²) >= 11 is 1.52. The maximum absolute atomic E-state index is 14.0. The summed E-state index contributed by atoms with van der Waals surface area (Å²) < 4.78 is 39.7. The van der Waals surface area contributed by atoms with E-state index < -0.39 is 23.2 Å². The van der Waals surface area contributed by atoms with E-state index in [-0.39, 0.29) is 35.0 Å². The highest BCUT2D eigenvalue weighted by atomic mass is 32.1. The number of nitrogens with one attached hydrogen (secondary N) is 1. The Morgan fingerprint density at radius 1 is 1.21 bits per heavy atom. The molecule has 5 atom stereocenters. The van der Waals surface area contributed by atoms with Crippen LogP contribution in [0, 0.1) is 17.8 Å². The van der Waals surface area contributed by atoms with Crippen molar-refractivity contribution < 1.29 is 18.0 Å². The molecule has 0 saturated heterocycles. The smallest absolute Gasteiger partial charge is 0.384 e. The van der Waals surface area contributed by atoms with Crippen LogP contribution in [-0.4, -0.2) is 28.5 Å². The number of carbonyl (C=O) groups is 1. The molecule has 0 amide bonds. The van der Waals surface area contributed by atoms with Crippen molar-refractivity contribution in [3.63, 3.8) is 0 Å². The van der Waals surface area contributed by atoms with E-state index in [9.17, 15) is 18.0 Å². The Morgan fingerprint density at radius 3 is 2.39 bits per heavy atom. The van der Waals surface area contributed by atoms with Crippen LogP contribution in [0.1, 0.15) is 80.7 Å². The van der Waals surface area contributed by atoms with E-state index in [4.69, 9.17) is 5.73 Å². The number of alkyl halides is 3. The number of Topliss-reactive ketones (excluding diaryl/α,β-unsaturated/α-hetero) is 1. The third-order valence-electron chi connectivity index (χ3n) is 7.93. The number of hydrogen-bond donors (Lipinski definition) is 2. The zero-order chi connectivity index (χ0) is 27.9. The number of nitrogens with two attached hydrogens (primary N) is 1. The topological polar surface area (TPSA) is 68.0 Å². The predicted molar refractivity (Wildman–Crippen MR) is 147 cm³/mol. The number of aromatic nitrogens is 1. The molecule has 1 fully saturated rings. The fraction of sp³-hybridized carbons (Fsp3) is 0.533. The molecule has 0 bridgehead atoms. The van der Waals surface area contributed by atoms with Gasteiger partial charge in [0.2, 0.25) is 0 Å². The van der Waals surface area contributed by atoms with E-state index in [0.717, 1.165) is 22.8 Å². The van der Waals surface area contributed by atoms with Crippen LogP contribution in [0.4, 0.5) is 13.2 Å². The molecule has 2 aliphatic rings. The van der Waals surface area contributed by atoms with Gasteiger partial charge in [-0.2, -0.15) is 13.2 Å². The molecule has 1 aromatic carbocycles. The monoisotopic (exact) mass is 545 g/mol. The van der Waals surface area contributed by atoms with Gasteiger partial charge in [0.05, 0.1) is 10.6 Å². The molecule has 4 nitrogen and oxygen atoms in total. The SMILES string of the molecule is CC(C)C[C@@]1(N)C[C@@H](C2C=CC(C(F)(F)F)=CN2)[C@H](c2nccs2)CC1C(=O)c1ccc(C(C)(C)C)cc1. The molecule has 0 radical (unpaired) electrons. The molecule has 1 saturated carbocycles. The fourth-order valence-corrected chi connectivity index (χ4v) is 6.92. The van der Waals surface area contributed by atoms with Crippen molar-refractivity contribution in [2.45, 2.75) is 83.0 Å². The quantitative estimate of drug-likeness (QED) is 0.378. The molecule has 1 aliphatic heterocycles. The molecule has 2 heterocycles. The Labute approximate surface area is 227 Å². The summed E-state index contributed by atoms with van der Waals surface area (Å²) in [4.78, 5) is 18.6. The van der Waals surface area contributed by atoms with Gasteiger partial charge in [0.15, 0.2) is 5.78 Å². The molecule has 38 heavy (non-hydrogen) atoms. The van der Waals surface area contributed by atoms with Crippen molar-refractivity contribution in [3.8, 4) is 0 Å². The van der Waals surface area contributed by atoms with Gasteiger partial charge in [0.1, 0.15) is 0 Å². The molecule has 2 unspecified atom stereocenters. The molecule has 8 heteroatoms. The number of hydrogen-bond acceptors (Lipinski definition) is 5. The van der Waals surface area contributed by atoms with Gasteiger partial charge in [-0.3, -0.25) is 4.79 Å². The maximum atomic E-state index is 14.0. The lowest BCUT2D eigenvalue weighted by Crippen LogP contribution is -2.59. The second kappa shape index (κ2) is 10.6. The van der Waals surface area contributed by atoms with E-state index in [0.29, 0.717) is 24.8 Å². The van der Waals surface area contributed by atoms with E-state index in [1.54, 1.807) is 12.3 Å².